The van der Waals surface area contributed by atoms with Crippen LogP contribution in [0.5, 0.6) is 0 Å². The summed E-state index contributed by atoms with van der Waals surface area (Å²) in [7, 11) is 0. The second-order valence-electron chi connectivity index (χ2n) is 4.21. The molecule has 1 amide bonds. The van der Waals surface area contributed by atoms with Crippen molar-refractivity contribution in [2.24, 2.45) is 0 Å². The monoisotopic (exact) mass is 321 g/mol. The summed E-state index contributed by atoms with van der Waals surface area (Å²) >= 11 is 1.31. The van der Waals surface area contributed by atoms with E-state index in [0.29, 0.717) is 23.5 Å². The molecule has 1 atom stereocenters. The molecule has 0 aliphatic carbocycles. The van der Waals surface area contributed by atoms with Crippen molar-refractivity contribution in [2.45, 2.75) is 24.4 Å². The number of nitrogens with one attached hydrogen (secondary N) is 1. The van der Waals surface area contributed by atoms with E-state index in [0.717, 1.165) is 12.1 Å². The van der Waals surface area contributed by atoms with E-state index in [1.165, 1.54) is 17.8 Å². The first-order chi connectivity index (χ1) is 9.84. The van der Waals surface area contributed by atoms with Crippen molar-refractivity contribution in [3.8, 4) is 0 Å². The minimum atomic E-state index is -4.37. The highest BCUT2D eigenvalue weighted by molar-refractivity contribution is 7.98. The lowest BCUT2D eigenvalue weighted by Gasteiger charge is -2.11. The van der Waals surface area contributed by atoms with Gasteiger partial charge in [0.1, 0.15) is 6.04 Å². The maximum atomic E-state index is 12.5. The van der Waals surface area contributed by atoms with Crippen molar-refractivity contribution in [3.63, 3.8) is 0 Å². The second kappa shape index (κ2) is 7.92. The fourth-order valence-corrected chi connectivity index (χ4v) is 2.55. The summed E-state index contributed by atoms with van der Waals surface area (Å²) in [6.45, 7) is 0. The number of alkyl halides is 3. The molecule has 8 heteroatoms. The van der Waals surface area contributed by atoms with Gasteiger partial charge in [-0.25, -0.2) is 4.79 Å². The molecule has 1 aromatic carbocycles. The number of aliphatic carboxylic acids is 1. The molecule has 0 aliphatic rings. The molecule has 1 rings (SSSR count). The Labute approximate surface area is 123 Å². The van der Waals surface area contributed by atoms with Crippen LogP contribution in [0.2, 0.25) is 0 Å². The molecule has 0 spiro atoms. The number of hydrogen-bond acceptors (Lipinski definition) is 3. The number of thioether (sulfide) groups is 1. The Balaban J connectivity index is 2.46. The Kier molecular flexibility index (Phi) is 6.54. The molecular formula is C13H14F3NO3S. The molecule has 1 unspecified atom stereocenters. The molecule has 0 saturated heterocycles. The highest BCUT2D eigenvalue weighted by Crippen LogP contribution is 2.30. The Morgan fingerprint density at radius 2 is 2.14 bits per heavy atom. The molecule has 0 radical (unpaired) electrons. The van der Waals surface area contributed by atoms with Crippen molar-refractivity contribution >= 4 is 24.1 Å². The van der Waals surface area contributed by atoms with Crippen molar-refractivity contribution in [1.29, 1.82) is 0 Å². The maximum absolute atomic E-state index is 12.5. The third-order valence-corrected chi connectivity index (χ3v) is 3.70. The number of carbonyl (C=O) groups is 2. The zero-order chi connectivity index (χ0) is 15.9. The molecule has 0 heterocycles. The van der Waals surface area contributed by atoms with Crippen LogP contribution in [-0.4, -0.2) is 29.3 Å². The topological polar surface area (TPSA) is 66.4 Å². The Morgan fingerprint density at radius 3 is 2.71 bits per heavy atom. The molecular weight excluding hydrogens is 307 g/mol. The van der Waals surface area contributed by atoms with Crippen LogP contribution >= 0.6 is 11.8 Å². The summed E-state index contributed by atoms with van der Waals surface area (Å²) in [5.41, 5.74) is -0.184. The Hall–Kier alpha value is -1.70. The summed E-state index contributed by atoms with van der Waals surface area (Å²) in [6.07, 6.45) is -3.85. The first kappa shape index (κ1) is 17.4. The van der Waals surface area contributed by atoms with Crippen LogP contribution < -0.4 is 5.32 Å². The van der Waals surface area contributed by atoms with E-state index in [2.05, 4.69) is 5.32 Å². The molecule has 0 aliphatic heterocycles. The second-order valence-corrected chi connectivity index (χ2v) is 5.32. The molecule has 0 saturated carbocycles. The van der Waals surface area contributed by atoms with E-state index in [-0.39, 0.29) is 6.42 Å². The number of carbonyl (C=O) groups excluding carboxylic acids is 1. The van der Waals surface area contributed by atoms with E-state index in [1.54, 1.807) is 6.07 Å². The van der Waals surface area contributed by atoms with Crippen LogP contribution in [-0.2, 0) is 21.5 Å². The Bertz CT molecular complexity index is 494. The van der Waals surface area contributed by atoms with Crippen LogP contribution in [0.15, 0.2) is 24.3 Å². The van der Waals surface area contributed by atoms with E-state index < -0.39 is 23.8 Å². The fraction of sp³-hybridized carbons (Fsp3) is 0.385. The maximum Gasteiger partial charge on any atom is 0.416 e. The molecule has 1 aromatic rings. The number of carboxylic acids is 1. The van der Waals surface area contributed by atoms with Gasteiger partial charge >= 0.3 is 12.1 Å². The minimum absolute atomic E-state index is 0.206. The van der Waals surface area contributed by atoms with Gasteiger partial charge in [0.15, 0.2) is 0 Å². The van der Waals surface area contributed by atoms with Gasteiger partial charge in [0, 0.05) is 5.75 Å². The smallest absolute Gasteiger partial charge is 0.416 e. The first-order valence-corrected chi connectivity index (χ1v) is 7.16. The van der Waals surface area contributed by atoms with Crippen LogP contribution in [0.1, 0.15) is 17.5 Å². The molecule has 0 aromatic heterocycles. The molecule has 0 fully saturated rings. The lowest BCUT2D eigenvalue weighted by molar-refractivity contribution is -0.140. The minimum Gasteiger partial charge on any atom is -0.480 e. The zero-order valence-electron chi connectivity index (χ0n) is 10.9. The molecule has 0 bridgehead atoms. The fourth-order valence-electron chi connectivity index (χ4n) is 1.59. The quantitative estimate of drug-likeness (QED) is 0.570. The number of amides is 1. The number of hydrogen-bond donors (Lipinski definition) is 2. The average Bonchev–Trinajstić information content (AvgIpc) is 2.41. The summed E-state index contributed by atoms with van der Waals surface area (Å²) in [5.74, 6) is -0.382. The van der Waals surface area contributed by atoms with Gasteiger partial charge in [-0.3, -0.25) is 4.79 Å². The van der Waals surface area contributed by atoms with Crippen LogP contribution in [0.25, 0.3) is 0 Å². The lowest BCUT2D eigenvalue weighted by Crippen LogP contribution is -2.36. The van der Waals surface area contributed by atoms with Gasteiger partial charge in [-0.1, -0.05) is 18.2 Å². The largest absolute Gasteiger partial charge is 0.480 e. The van der Waals surface area contributed by atoms with Gasteiger partial charge in [-0.15, -0.1) is 0 Å². The van der Waals surface area contributed by atoms with Crippen molar-refractivity contribution in [1.82, 2.24) is 5.32 Å². The van der Waals surface area contributed by atoms with E-state index in [4.69, 9.17) is 5.11 Å². The summed E-state index contributed by atoms with van der Waals surface area (Å²) in [6, 6.07) is 4.03. The summed E-state index contributed by atoms with van der Waals surface area (Å²) in [4.78, 5) is 21.0. The predicted molar refractivity (Wildman–Crippen MR) is 72.8 cm³/mol. The van der Waals surface area contributed by atoms with Crippen molar-refractivity contribution in [2.75, 3.05) is 5.75 Å². The average molecular weight is 321 g/mol. The number of rotatable bonds is 8. The van der Waals surface area contributed by atoms with Crippen molar-refractivity contribution in [3.05, 3.63) is 35.4 Å². The SMILES string of the molecule is O=CNC(CCSCc1cccc(C(F)(F)F)c1)C(=O)O. The van der Waals surface area contributed by atoms with Gasteiger partial charge in [0.2, 0.25) is 6.41 Å². The molecule has 21 heavy (non-hydrogen) atoms. The van der Waals surface area contributed by atoms with E-state index >= 15 is 0 Å². The van der Waals surface area contributed by atoms with Gasteiger partial charge in [-0.05, 0) is 23.8 Å². The molecule has 116 valence electrons. The normalized spacial score (nSPS) is 12.7. The van der Waals surface area contributed by atoms with E-state index in [1.807, 2.05) is 0 Å². The first-order valence-electron chi connectivity index (χ1n) is 6.01. The van der Waals surface area contributed by atoms with Crippen LogP contribution in [0.4, 0.5) is 13.2 Å². The van der Waals surface area contributed by atoms with Crippen LogP contribution in [0.3, 0.4) is 0 Å². The standard InChI is InChI=1S/C13H14F3NO3S/c14-13(15,16)10-3-1-2-9(6-10)7-21-5-4-11(12(19)20)17-8-18/h1-3,6,8,11H,4-5,7H2,(H,17,18)(H,19,20). The zero-order valence-corrected chi connectivity index (χ0v) is 11.7. The number of benzene rings is 1. The van der Waals surface area contributed by atoms with Crippen molar-refractivity contribution < 1.29 is 27.9 Å². The third kappa shape index (κ3) is 6.07. The lowest BCUT2D eigenvalue weighted by atomic mass is 10.1. The highest BCUT2D eigenvalue weighted by atomic mass is 32.2. The van der Waals surface area contributed by atoms with Crippen LogP contribution in [0, 0.1) is 0 Å². The highest BCUT2D eigenvalue weighted by Gasteiger charge is 2.30. The Morgan fingerprint density at radius 1 is 1.43 bits per heavy atom. The molecule has 2 N–H and O–H groups in total. The summed E-state index contributed by atoms with van der Waals surface area (Å²) < 4.78 is 37.6. The third-order valence-electron chi connectivity index (χ3n) is 2.64. The van der Waals surface area contributed by atoms with Gasteiger partial charge in [-0.2, -0.15) is 24.9 Å². The predicted octanol–water partition coefficient (Wildman–Crippen LogP) is 2.53. The van der Waals surface area contributed by atoms with Gasteiger partial charge in [0.25, 0.3) is 0 Å². The number of halogens is 3. The summed E-state index contributed by atoms with van der Waals surface area (Å²) in [5, 5.41) is 11.0. The van der Waals surface area contributed by atoms with Gasteiger partial charge < -0.3 is 10.4 Å². The van der Waals surface area contributed by atoms with E-state index in [9.17, 15) is 22.8 Å². The van der Waals surface area contributed by atoms with Gasteiger partial charge in [0.05, 0.1) is 5.56 Å². The molecule has 4 nitrogen and oxygen atoms in total. The number of carboxylic acid groups (broad SMARTS) is 1.